The Hall–Kier alpha value is -1.85. The van der Waals surface area contributed by atoms with Crippen molar-refractivity contribution in [1.29, 1.82) is 0 Å². The summed E-state index contributed by atoms with van der Waals surface area (Å²) in [4.78, 5) is 13.6. The van der Waals surface area contributed by atoms with Crippen LogP contribution in [-0.4, -0.2) is 44.5 Å². The van der Waals surface area contributed by atoms with Crippen molar-refractivity contribution in [3.63, 3.8) is 0 Å². The molecule has 0 bridgehead atoms. The zero-order valence-corrected chi connectivity index (χ0v) is 23.5. The number of benzene rings is 3. The molecule has 0 spiro atoms. The van der Waals surface area contributed by atoms with Crippen LogP contribution in [0.25, 0.3) is 10.8 Å². The molecule has 10 heteroatoms. The highest BCUT2D eigenvalue weighted by Crippen LogP contribution is 2.42. The Bertz CT molecular complexity index is 1180. The summed E-state index contributed by atoms with van der Waals surface area (Å²) in [5.41, 5.74) is -0.0436. The molecule has 0 saturated carbocycles. The van der Waals surface area contributed by atoms with Gasteiger partial charge in [-0.2, -0.15) is 0 Å². The van der Waals surface area contributed by atoms with Crippen LogP contribution in [0.4, 0.5) is 4.39 Å². The largest absolute Gasteiger partial charge is 0.490 e. The first-order valence-electron chi connectivity index (χ1n) is 11.1. The van der Waals surface area contributed by atoms with E-state index in [4.69, 9.17) is 46.9 Å². The molecule has 3 rings (SSSR count). The number of hydrogen-bond donors (Lipinski definition) is 0. The van der Waals surface area contributed by atoms with E-state index in [0.717, 1.165) is 5.56 Å². The average molecular weight is 651 g/mol. The Morgan fingerprint density at radius 3 is 2.19 bits per heavy atom. The second-order valence-corrected chi connectivity index (χ2v) is 9.63. The van der Waals surface area contributed by atoms with E-state index in [1.165, 1.54) is 12.1 Å². The van der Waals surface area contributed by atoms with Crippen LogP contribution in [0.15, 0.2) is 48.5 Å². The number of esters is 1. The quantitative estimate of drug-likeness (QED) is 0.0872. The summed E-state index contributed by atoms with van der Waals surface area (Å²) in [5.74, 6) is -0.843. The summed E-state index contributed by atoms with van der Waals surface area (Å²) >= 11 is 13.2. The van der Waals surface area contributed by atoms with Crippen molar-refractivity contribution < 1.29 is 32.9 Å². The SMILES string of the molecule is CC(C)(OC(=O)c1cc(OCCOCCl)c2c(F)ccc(I)c2c1OCCOCCl)c1ccccc1. The number of rotatable bonds is 13. The lowest BCUT2D eigenvalue weighted by Crippen LogP contribution is -2.26. The highest BCUT2D eigenvalue weighted by atomic mass is 127. The van der Waals surface area contributed by atoms with E-state index >= 15 is 4.39 Å². The van der Waals surface area contributed by atoms with Gasteiger partial charge in [-0.05, 0) is 60.2 Å². The monoisotopic (exact) mass is 650 g/mol. The van der Waals surface area contributed by atoms with E-state index in [1.54, 1.807) is 19.9 Å². The summed E-state index contributed by atoms with van der Waals surface area (Å²) < 4.78 is 43.8. The van der Waals surface area contributed by atoms with Gasteiger partial charge in [-0.15, -0.1) is 0 Å². The molecular formula is C26H26Cl2FIO6. The lowest BCUT2D eigenvalue weighted by atomic mass is 9.97. The van der Waals surface area contributed by atoms with Gasteiger partial charge in [-0.3, -0.25) is 0 Å². The Morgan fingerprint density at radius 1 is 0.917 bits per heavy atom. The van der Waals surface area contributed by atoms with Gasteiger partial charge in [0, 0.05) is 8.96 Å². The number of carbonyl (C=O) groups excluding carboxylic acids is 1. The van der Waals surface area contributed by atoms with Crippen molar-refractivity contribution in [3.05, 3.63) is 69.0 Å². The molecule has 0 aliphatic rings. The summed E-state index contributed by atoms with van der Waals surface area (Å²) in [7, 11) is 0. The number of hydrogen-bond acceptors (Lipinski definition) is 6. The fourth-order valence-electron chi connectivity index (χ4n) is 3.54. The van der Waals surface area contributed by atoms with Crippen LogP contribution in [0.5, 0.6) is 11.5 Å². The molecule has 0 unspecified atom stereocenters. The Morgan fingerprint density at radius 2 is 1.56 bits per heavy atom. The van der Waals surface area contributed by atoms with Crippen LogP contribution >= 0.6 is 45.8 Å². The minimum Gasteiger partial charge on any atom is -0.490 e. The van der Waals surface area contributed by atoms with Crippen molar-refractivity contribution >= 4 is 62.5 Å². The predicted molar refractivity (Wildman–Crippen MR) is 146 cm³/mol. The molecule has 6 nitrogen and oxygen atoms in total. The highest BCUT2D eigenvalue weighted by Gasteiger charge is 2.30. The third-order valence-electron chi connectivity index (χ3n) is 5.25. The first kappa shape index (κ1) is 28.7. The normalized spacial score (nSPS) is 11.5. The third kappa shape index (κ3) is 7.13. The fraction of sp³-hybridized carbons (Fsp3) is 0.346. The van der Waals surface area contributed by atoms with Crippen molar-refractivity contribution in [2.45, 2.75) is 19.4 Å². The maximum atomic E-state index is 15.1. The molecule has 0 N–H and O–H groups in total. The minimum atomic E-state index is -0.948. The summed E-state index contributed by atoms with van der Waals surface area (Å²) in [5, 5.41) is 0.571. The second kappa shape index (κ2) is 13.6. The fourth-order valence-corrected chi connectivity index (χ4v) is 4.45. The van der Waals surface area contributed by atoms with Gasteiger partial charge < -0.3 is 23.7 Å². The molecule has 0 aromatic heterocycles. The van der Waals surface area contributed by atoms with Gasteiger partial charge in [-0.25, -0.2) is 9.18 Å². The van der Waals surface area contributed by atoms with Gasteiger partial charge in [0.15, 0.2) is 0 Å². The molecule has 0 aliphatic carbocycles. The van der Waals surface area contributed by atoms with Crippen LogP contribution in [-0.2, 0) is 19.8 Å². The summed E-state index contributed by atoms with van der Waals surface area (Å²) in [6.07, 6.45) is 0. The lowest BCUT2D eigenvalue weighted by molar-refractivity contribution is -0.00358. The van der Waals surface area contributed by atoms with E-state index in [0.29, 0.717) is 8.96 Å². The smallest absolute Gasteiger partial charge is 0.342 e. The van der Waals surface area contributed by atoms with Crippen LogP contribution in [0.2, 0.25) is 0 Å². The van der Waals surface area contributed by atoms with Crippen molar-refractivity contribution in [1.82, 2.24) is 0 Å². The number of carbonyl (C=O) groups is 1. The van der Waals surface area contributed by atoms with Gasteiger partial charge in [0.05, 0.1) is 18.6 Å². The molecule has 0 saturated heterocycles. The molecule has 3 aromatic carbocycles. The van der Waals surface area contributed by atoms with Crippen LogP contribution in [0.3, 0.4) is 0 Å². The molecule has 0 atom stereocenters. The molecule has 0 heterocycles. The van der Waals surface area contributed by atoms with E-state index in [9.17, 15) is 4.79 Å². The Labute approximate surface area is 233 Å². The van der Waals surface area contributed by atoms with Gasteiger partial charge in [0.2, 0.25) is 0 Å². The maximum Gasteiger partial charge on any atom is 0.342 e. The maximum absolute atomic E-state index is 15.1. The Kier molecular flexibility index (Phi) is 10.9. The minimum absolute atomic E-state index is 0.000334. The number of ether oxygens (including phenoxy) is 5. The molecule has 194 valence electrons. The van der Waals surface area contributed by atoms with Gasteiger partial charge >= 0.3 is 5.97 Å². The van der Waals surface area contributed by atoms with E-state index < -0.39 is 17.4 Å². The zero-order valence-electron chi connectivity index (χ0n) is 19.8. The second-order valence-electron chi connectivity index (χ2n) is 8.03. The van der Waals surface area contributed by atoms with Crippen molar-refractivity contribution in [2.75, 3.05) is 38.6 Å². The van der Waals surface area contributed by atoms with Crippen molar-refractivity contribution in [2.24, 2.45) is 0 Å². The van der Waals surface area contributed by atoms with Gasteiger partial charge in [-0.1, -0.05) is 53.5 Å². The molecule has 0 fully saturated rings. The lowest BCUT2D eigenvalue weighted by Gasteiger charge is -2.27. The molecule has 0 radical (unpaired) electrons. The number of alkyl halides is 2. The summed E-state index contributed by atoms with van der Waals surface area (Å²) in [6, 6.07) is 13.7. The average Bonchev–Trinajstić information content (AvgIpc) is 2.87. The molecule has 36 heavy (non-hydrogen) atoms. The standard InChI is InChI=1S/C26H26Cl2FIO6/c1-26(2,17-6-4-3-5-7-17)36-25(31)18-14-21(34-12-10-32-15-27)22-19(29)8-9-20(30)23(22)24(18)35-13-11-33-16-28/h3-9,14H,10-13,15-16H2,1-2H3. The predicted octanol–water partition coefficient (Wildman–Crippen LogP) is 6.86. The Balaban J connectivity index is 2.10. The number of halogens is 4. The number of fused-ring (bicyclic) bond motifs is 1. The molecule has 3 aromatic rings. The van der Waals surface area contributed by atoms with Crippen LogP contribution < -0.4 is 9.47 Å². The summed E-state index contributed by atoms with van der Waals surface area (Å²) in [6.45, 7) is 4.13. The van der Waals surface area contributed by atoms with Gasteiger partial charge in [0.25, 0.3) is 0 Å². The molecule has 0 aliphatic heterocycles. The first-order chi connectivity index (χ1) is 17.3. The van der Waals surface area contributed by atoms with Gasteiger partial charge in [0.1, 0.15) is 53.8 Å². The molecular weight excluding hydrogens is 625 g/mol. The van der Waals surface area contributed by atoms with E-state index in [1.807, 2.05) is 30.3 Å². The third-order valence-corrected chi connectivity index (χ3v) is 6.46. The topological polar surface area (TPSA) is 63.2 Å². The molecule has 0 amide bonds. The van der Waals surface area contributed by atoms with E-state index in [2.05, 4.69) is 22.6 Å². The van der Waals surface area contributed by atoms with Crippen LogP contribution in [0.1, 0.15) is 29.8 Å². The van der Waals surface area contributed by atoms with Crippen LogP contribution in [0, 0.1) is 9.39 Å². The van der Waals surface area contributed by atoms with Crippen molar-refractivity contribution in [3.8, 4) is 11.5 Å². The zero-order chi connectivity index (χ0) is 26.1. The highest BCUT2D eigenvalue weighted by molar-refractivity contribution is 14.1. The van der Waals surface area contributed by atoms with E-state index in [-0.39, 0.29) is 61.0 Å². The first-order valence-corrected chi connectivity index (χ1v) is 13.2.